The van der Waals surface area contributed by atoms with Crippen molar-refractivity contribution in [1.82, 2.24) is 15.2 Å². The van der Waals surface area contributed by atoms with Crippen LogP contribution in [0.2, 0.25) is 0 Å². The van der Waals surface area contributed by atoms with Crippen LogP contribution < -0.4 is 15.8 Å². The minimum absolute atomic E-state index is 0.131. The molecule has 0 unspecified atom stereocenters. The number of pyridine rings is 1. The van der Waals surface area contributed by atoms with Gasteiger partial charge in [-0.1, -0.05) is 32.0 Å². The van der Waals surface area contributed by atoms with Crippen molar-refractivity contribution in [1.29, 1.82) is 0 Å². The van der Waals surface area contributed by atoms with Gasteiger partial charge in [0.2, 0.25) is 0 Å². The summed E-state index contributed by atoms with van der Waals surface area (Å²) in [5.41, 5.74) is 9.25. The highest BCUT2D eigenvalue weighted by Gasteiger charge is 2.21. The van der Waals surface area contributed by atoms with Gasteiger partial charge in [0, 0.05) is 24.6 Å². The van der Waals surface area contributed by atoms with Gasteiger partial charge in [-0.2, -0.15) is 0 Å². The van der Waals surface area contributed by atoms with Gasteiger partial charge in [0.25, 0.3) is 0 Å². The molecule has 2 heterocycles. The molecular weight excluding hydrogens is 376 g/mol. The maximum absolute atomic E-state index is 11.8. The Morgan fingerprint density at radius 3 is 2.77 bits per heavy atom. The molecule has 0 bridgehead atoms. The summed E-state index contributed by atoms with van der Waals surface area (Å²) in [7, 11) is 0. The average Bonchev–Trinajstić information content (AvgIpc) is 2.75. The molecule has 0 amide bonds. The quantitative estimate of drug-likeness (QED) is 0.515. The lowest BCUT2D eigenvalue weighted by atomic mass is 9.89. The highest BCUT2D eigenvalue weighted by molar-refractivity contribution is 5.74. The van der Waals surface area contributed by atoms with Crippen LogP contribution in [0.4, 0.5) is 0 Å². The van der Waals surface area contributed by atoms with Gasteiger partial charge in [0.1, 0.15) is 5.75 Å². The van der Waals surface area contributed by atoms with Gasteiger partial charge in [-0.25, -0.2) is 0 Å². The van der Waals surface area contributed by atoms with E-state index in [1.165, 1.54) is 5.56 Å². The summed E-state index contributed by atoms with van der Waals surface area (Å²) in [4.78, 5) is 18.5. The molecule has 6 nitrogen and oxygen atoms in total. The second-order valence-corrected chi connectivity index (χ2v) is 8.12. The average molecular weight is 409 g/mol. The van der Waals surface area contributed by atoms with E-state index in [-0.39, 0.29) is 11.9 Å². The van der Waals surface area contributed by atoms with Crippen LogP contribution in [0.15, 0.2) is 60.6 Å². The van der Waals surface area contributed by atoms with E-state index < -0.39 is 0 Å². The molecule has 1 fully saturated rings. The first-order valence-electron chi connectivity index (χ1n) is 10.6. The number of rotatable bonds is 8. The maximum atomic E-state index is 11.8. The number of ether oxygens (including phenoxy) is 1. The fraction of sp³-hybridized carbons (Fsp3) is 0.417. The number of aromatic nitrogens is 1. The first kappa shape index (κ1) is 21.8. The van der Waals surface area contributed by atoms with Crippen molar-refractivity contribution in [3.05, 3.63) is 71.8 Å². The van der Waals surface area contributed by atoms with Crippen molar-refractivity contribution in [2.24, 2.45) is 11.7 Å². The fourth-order valence-electron chi connectivity index (χ4n) is 3.58. The molecule has 0 saturated carbocycles. The summed E-state index contributed by atoms with van der Waals surface area (Å²) >= 11 is 0. The SMILES string of the molecule is CC(C)C(=O)Oc1cccc(C2CCN(C/C(N)=C/NCc3ccccn3)CC2)c1. The predicted octanol–water partition coefficient (Wildman–Crippen LogP) is 3.41. The fourth-order valence-corrected chi connectivity index (χ4v) is 3.58. The molecule has 0 spiro atoms. The van der Waals surface area contributed by atoms with Gasteiger partial charge in [0.15, 0.2) is 0 Å². The van der Waals surface area contributed by atoms with Crippen LogP contribution in [-0.4, -0.2) is 35.5 Å². The normalized spacial score (nSPS) is 15.9. The van der Waals surface area contributed by atoms with Gasteiger partial charge >= 0.3 is 5.97 Å². The van der Waals surface area contributed by atoms with E-state index in [4.69, 9.17) is 10.5 Å². The van der Waals surface area contributed by atoms with Gasteiger partial charge in [-0.15, -0.1) is 0 Å². The second-order valence-electron chi connectivity index (χ2n) is 8.12. The van der Waals surface area contributed by atoms with Crippen LogP contribution in [0, 0.1) is 5.92 Å². The zero-order chi connectivity index (χ0) is 21.3. The Labute approximate surface area is 179 Å². The number of esters is 1. The van der Waals surface area contributed by atoms with Gasteiger partial charge in [0.05, 0.1) is 18.2 Å². The van der Waals surface area contributed by atoms with Crippen molar-refractivity contribution in [2.45, 2.75) is 39.2 Å². The van der Waals surface area contributed by atoms with Crippen LogP contribution in [0.25, 0.3) is 0 Å². The number of likely N-dealkylation sites (tertiary alicyclic amines) is 1. The molecule has 160 valence electrons. The molecule has 30 heavy (non-hydrogen) atoms. The molecule has 1 aliphatic rings. The summed E-state index contributed by atoms with van der Waals surface area (Å²) in [6.07, 6.45) is 5.80. The van der Waals surface area contributed by atoms with Gasteiger partial charge < -0.3 is 15.8 Å². The summed E-state index contributed by atoms with van der Waals surface area (Å²) in [5.74, 6) is 0.793. The van der Waals surface area contributed by atoms with Gasteiger partial charge in [-0.3, -0.25) is 14.7 Å². The lowest BCUT2D eigenvalue weighted by Crippen LogP contribution is -2.36. The number of hydrogen-bond donors (Lipinski definition) is 2. The third-order valence-electron chi connectivity index (χ3n) is 5.31. The molecule has 0 radical (unpaired) electrons. The van der Waals surface area contributed by atoms with Crippen LogP contribution in [0.1, 0.15) is 43.9 Å². The number of piperidine rings is 1. The van der Waals surface area contributed by atoms with E-state index in [1.54, 1.807) is 6.20 Å². The van der Waals surface area contributed by atoms with Gasteiger partial charge in [-0.05, 0) is 61.7 Å². The summed E-state index contributed by atoms with van der Waals surface area (Å²) < 4.78 is 5.47. The monoisotopic (exact) mass is 408 g/mol. The van der Waals surface area contributed by atoms with Crippen molar-refractivity contribution >= 4 is 5.97 Å². The Morgan fingerprint density at radius 2 is 2.07 bits per heavy atom. The molecule has 1 aliphatic heterocycles. The van der Waals surface area contributed by atoms with Crippen molar-refractivity contribution in [3.8, 4) is 5.75 Å². The number of benzene rings is 1. The Kier molecular flexibility index (Phi) is 7.85. The molecule has 0 aliphatic carbocycles. The van der Waals surface area contributed by atoms with E-state index in [2.05, 4.69) is 21.3 Å². The van der Waals surface area contributed by atoms with Crippen LogP contribution in [0.5, 0.6) is 5.75 Å². The number of hydrogen-bond acceptors (Lipinski definition) is 6. The highest BCUT2D eigenvalue weighted by Crippen LogP contribution is 2.30. The maximum Gasteiger partial charge on any atom is 0.313 e. The topological polar surface area (TPSA) is 80.5 Å². The van der Waals surface area contributed by atoms with Crippen molar-refractivity contribution in [2.75, 3.05) is 19.6 Å². The van der Waals surface area contributed by atoms with E-state index >= 15 is 0 Å². The number of carbonyl (C=O) groups is 1. The number of nitrogens with zero attached hydrogens (tertiary/aromatic N) is 2. The lowest BCUT2D eigenvalue weighted by Gasteiger charge is -2.32. The zero-order valence-electron chi connectivity index (χ0n) is 17.9. The molecular formula is C24H32N4O2. The van der Waals surface area contributed by atoms with Crippen LogP contribution >= 0.6 is 0 Å². The third kappa shape index (κ3) is 6.59. The van der Waals surface area contributed by atoms with Crippen molar-refractivity contribution in [3.63, 3.8) is 0 Å². The molecule has 1 saturated heterocycles. The lowest BCUT2D eigenvalue weighted by molar-refractivity contribution is -0.137. The van der Waals surface area contributed by atoms with Crippen molar-refractivity contribution < 1.29 is 9.53 Å². The molecule has 3 N–H and O–H groups in total. The Hall–Kier alpha value is -2.86. The van der Waals surface area contributed by atoms with Crippen LogP contribution in [0.3, 0.4) is 0 Å². The molecule has 3 rings (SSSR count). The standard InChI is InChI=1S/C24H32N4O2/c1-18(2)24(29)30-23-8-5-6-20(14-23)19-9-12-28(13-10-19)17-21(25)15-26-16-22-7-3-4-11-27-22/h3-8,11,14-15,18-19,26H,9-10,12-13,16-17,25H2,1-2H3/b21-15-. The molecule has 0 atom stereocenters. The summed E-state index contributed by atoms with van der Waals surface area (Å²) in [6, 6.07) is 13.8. The first-order chi connectivity index (χ1) is 14.5. The summed E-state index contributed by atoms with van der Waals surface area (Å²) in [6.45, 7) is 7.10. The second kappa shape index (κ2) is 10.8. The zero-order valence-corrected chi connectivity index (χ0v) is 17.9. The minimum Gasteiger partial charge on any atom is -0.426 e. The smallest absolute Gasteiger partial charge is 0.313 e. The van der Waals surface area contributed by atoms with E-state index in [1.807, 2.05) is 56.4 Å². The number of carbonyl (C=O) groups excluding carboxylic acids is 1. The Bertz CT molecular complexity index is 843. The number of nitrogens with one attached hydrogen (secondary N) is 1. The highest BCUT2D eigenvalue weighted by atomic mass is 16.5. The Balaban J connectivity index is 1.45. The van der Waals surface area contributed by atoms with E-state index in [9.17, 15) is 4.79 Å². The molecule has 1 aromatic heterocycles. The molecule has 1 aromatic carbocycles. The third-order valence-corrected chi connectivity index (χ3v) is 5.31. The van der Waals surface area contributed by atoms with E-state index in [0.717, 1.165) is 43.9 Å². The van der Waals surface area contributed by atoms with Crippen LogP contribution in [-0.2, 0) is 11.3 Å². The van der Waals surface area contributed by atoms with E-state index in [0.29, 0.717) is 18.2 Å². The number of nitrogens with two attached hydrogens (primary N) is 1. The summed E-state index contributed by atoms with van der Waals surface area (Å²) in [5, 5.41) is 3.24. The first-order valence-corrected chi connectivity index (χ1v) is 10.6. The molecule has 2 aromatic rings. The molecule has 6 heteroatoms. The minimum atomic E-state index is -0.194. The Morgan fingerprint density at radius 1 is 1.27 bits per heavy atom. The largest absolute Gasteiger partial charge is 0.426 e. The predicted molar refractivity (Wildman–Crippen MR) is 119 cm³/mol.